The van der Waals surface area contributed by atoms with Crippen LogP contribution in [0.2, 0.25) is 0 Å². The van der Waals surface area contributed by atoms with Gasteiger partial charge >= 0.3 is 0 Å². The first-order valence-corrected chi connectivity index (χ1v) is 17.9. The van der Waals surface area contributed by atoms with Gasteiger partial charge in [-0.3, -0.25) is 0 Å². The predicted octanol–water partition coefficient (Wildman–Crippen LogP) is 13.9. The summed E-state index contributed by atoms with van der Waals surface area (Å²) in [6, 6.07) is 65.5. The van der Waals surface area contributed by atoms with Gasteiger partial charge in [-0.05, 0) is 105 Å². The first-order chi connectivity index (χ1) is 25.5. The Kier molecular flexibility index (Phi) is 6.84. The second kappa shape index (κ2) is 11.8. The Labute approximate surface area is 304 Å². The van der Waals surface area contributed by atoms with Gasteiger partial charge in [-0.15, -0.1) is 0 Å². The molecular formula is C49H36N2O. The smallest absolute Gasteiger partial charge is 0.151 e. The van der Waals surface area contributed by atoms with Crippen molar-refractivity contribution in [3.8, 4) is 33.8 Å². The van der Waals surface area contributed by atoms with Gasteiger partial charge in [-0.2, -0.15) is 0 Å². The molecule has 3 heteroatoms. The molecule has 0 saturated heterocycles. The monoisotopic (exact) mass is 668 g/mol. The molecule has 0 unspecified atom stereocenters. The number of ether oxygens (including phenoxy) is 1. The fourth-order valence-electron chi connectivity index (χ4n) is 8.13. The molecule has 10 rings (SSSR count). The summed E-state index contributed by atoms with van der Waals surface area (Å²) in [5.41, 5.74) is 13.9. The zero-order valence-electron chi connectivity index (χ0n) is 29.1. The van der Waals surface area contributed by atoms with Crippen molar-refractivity contribution in [2.75, 3.05) is 9.80 Å². The van der Waals surface area contributed by atoms with E-state index in [4.69, 9.17) is 4.74 Å². The van der Waals surface area contributed by atoms with Crippen molar-refractivity contribution < 1.29 is 4.74 Å². The summed E-state index contributed by atoms with van der Waals surface area (Å²) in [5.74, 6) is 1.77. The summed E-state index contributed by atoms with van der Waals surface area (Å²) in [7, 11) is 0. The van der Waals surface area contributed by atoms with Gasteiger partial charge in [-0.25, -0.2) is 0 Å². The highest BCUT2D eigenvalue weighted by atomic mass is 16.5. The Morgan fingerprint density at radius 2 is 1.02 bits per heavy atom. The highest BCUT2D eigenvalue weighted by Crippen LogP contribution is 2.60. The van der Waals surface area contributed by atoms with Gasteiger partial charge in [-0.1, -0.05) is 135 Å². The molecule has 0 saturated carbocycles. The van der Waals surface area contributed by atoms with Gasteiger partial charge in [0.1, 0.15) is 0 Å². The Balaban J connectivity index is 1.06. The van der Waals surface area contributed by atoms with Crippen LogP contribution in [0.1, 0.15) is 25.0 Å². The molecule has 0 spiro atoms. The minimum absolute atomic E-state index is 0.189. The first kappa shape index (κ1) is 30.3. The molecule has 0 aliphatic carbocycles. The topological polar surface area (TPSA) is 15.7 Å². The quantitative estimate of drug-likeness (QED) is 0.182. The highest BCUT2D eigenvalue weighted by molar-refractivity contribution is 5.95. The minimum atomic E-state index is -0.189. The zero-order valence-corrected chi connectivity index (χ0v) is 29.1. The van der Waals surface area contributed by atoms with Crippen LogP contribution in [0, 0.1) is 0 Å². The van der Waals surface area contributed by atoms with Gasteiger partial charge in [0.15, 0.2) is 11.5 Å². The lowest BCUT2D eigenvalue weighted by Gasteiger charge is -2.45. The van der Waals surface area contributed by atoms with Crippen molar-refractivity contribution in [2.24, 2.45) is 0 Å². The molecule has 52 heavy (non-hydrogen) atoms. The van der Waals surface area contributed by atoms with Crippen LogP contribution in [0.25, 0.3) is 33.0 Å². The molecule has 2 aliphatic rings. The maximum absolute atomic E-state index is 6.46. The van der Waals surface area contributed by atoms with Gasteiger partial charge in [0.25, 0.3) is 0 Å². The normalized spacial score (nSPS) is 13.5. The van der Waals surface area contributed by atoms with Crippen LogP contribution in [-0.2, 0) is 5.41 Å². The van der Waals surface area contributed by atoms with E-state index >= 15 is 0 Å². The van der Waals surface area contributed by atoms with Gasteiger partial charge in [0.05, 0.1) is 17.1 Å². The summed E-state index contributed by atoms with van der Waals surface area (Å²) in [6.45, 7) is 4.64. The van der Waals surface area contributed by atoms with Crippen LogP contribution in [0.4, 0.5) is 34.1 Å². The van der Waals surface area contributed by atoms with E-state index in [9.17, 15) is 0 Å². The predicted molar refractivity (Wildman–Crippen MR) is 216 cm³/mol. The van der Waals surface area contributed by atoms with E-state index in [0.717, 1.165) is 39.9 Å². The zero-order chi connectivity index (χ0) is 34.8. The lowest BCUT2D eigenvalue weighted by Crippen LogP contribution is -2.32. The van der Waals surface area contributed by atoms with Crippen molar-refractivity contribution in [1.29, 1.82) is 0 Å². The van der Waals surface area contributed by atoms with E-state index in [2.05, 4.69) is 200 Å². The van der Waals surface area contributed by atoms with E-state index < -0.39 is 0 Å². The third kappa shape index (κ3) is 4.81. The average Bonchev–Trinajstić information content (AvgIpc) is 3.20. The molecule has 0 amide bonds. The maximum atomic E-state index is 6.46. The third-order valence-electron chi connectivity index (χ3n) is 10.8. The number of nitrogens with zero attached hydrogens (tertiary/aromatic N) is 2. The van der Waals surface area contributed by atoms with Gasteiger partial charge in [0, 0.05) is 22.5 Å². The number of benzene rings is 8. The van der Waals surface area contributed by atoms with Gasteiger partial charge in [0.2, 0.25) is 0 Å². The molecule has 0 radical (unpaired) electrons. The van der Waals surface area contributed by atoms with E-state index in [1.807, 2.05) is 6.07 Å². The largest absolute Gasteiger partial charge is 0.453 e. The third-order valence-corrected chi connectivity index (χ3v) is 10.8. The minimum Gasteiger partial charge on any atom is -0.453 e. The number of para-hydroxylation sites is 3. The Morgan fingerprint density at radius 1 is 0.423 bits per heavy atom. The van der Waals surface area contributed by atoms with Crippen LogP contribution >= 0.6 is 0 Å². The molecule has 2 heterocycles. The Bertz CT molecular complexity index is 2620. The van der Waals surface area contributed by atoms with Crippen LogP contribution < -0.4 is 14.5 Å². The van der Waals surface area contributed by atoms with Crippen molar-refractivity contribution >= 4 is 44.9 Å². The summed E-state index contributed by atoms with van der Waals surface area (Å²) in [5, 5.41) is 2.45. The standard InChI is InChI=1S/C49H36N2O/c1-49(2)42-30-24-38(32-45(42)51-44-16-8-9-17-46(44)52-47-18-10-15-43(49)48(47)51)36-21-27-40(28-22-36)50(41-29-23-34-13-6-7-14-37(34)31-41)39-25-19-35(20-26-39)33-11-4-3-5-12-33/h3-32H,1-2H3. The number of hydrogen-bond donors (Lipinski definition) is 0. The molecular weight excluding hydrogens is 633 g/mol. The SMILES string of the molecule is CC1(C)c2ccc(-c3ccc(N(c4ccc(-c5ccccc5)cc4)c4ccc5ccccc5c4)cc3)cc2N2c3ccccc3Oc3cccc1c32. The molecule has 8 aromatic rings. The second-order valence-corrected chi connectivity index (χ2v) is 14.2. The summed E-state index contributed by atoms with van der Waals surface area (Å²) < 4.78 is 6.46. The fraction of sp³-hybridized carbons (Fsp3) is 0.0612. The Morgan fingerprint density at radius 3 is 1.79 bits per heavy atom. The molecule has 0 N–H and O–H groups in total. The molecule has 3 nitrogen and oxygen atoms in total. The lowest BCUT2D eigenvalue weighted by molar-refractivity contribution is 0.471. The molecule has 248 valence electrons. The fourth-order valence-corrected chi connectivity index (χ4v) is 8.13. The van der Waals surface area contributed by atoms with Crippen molar-refractivity contribution in [2.45, 2.75) is 19.3 Å². The van der Waals surface area contributed by atoms with E-state index in [1.165, 1.54) is 49.8 Å². The van der Waals surface area contributed by atoms with Crippen molar-refractivity contribution in [3.05, 3.63) is 193 Å². The average molecular weight is 669 g/mol. The van der Waals surface area contributed by atoms with Crippen LogP contribution in [-0.4, -0.2) is 0 Å². The van der Waals surface area contributed by atoms with Crippen molar-refractivity contribution in [3.63, 3.8) is 0 Å². The van der Waals surface area contributed by atoms with E-state index in [0.29, 0.717) is 0 Å². The molecule has 0 aromatic heterocycles. The van der Waals surface area contributed by atoms with E-state index in [1.54, 1.807) is 0 Å². The highest BCUT2D eigenvalue weighted by Gasteiger charge is 2.41. The lowest BCUT2D eigenvalue weighted by atomic mass is 9.72. The molecule has 8 aromatic carbocycles. The maximum Gasteiger partial charge on any atom is 0.151 e. The second-order valence-electron chi connectivity index (χ2n) is 14.2. The summed E-state index contributed by atoms with van der Waals surface area (Å²) in [4.78, 5) is 4.76. The van der Waals surface area contributed by atoms with Gasteiger partial charge < -0.3 is 14.5 Å². The number of fused-ring (bicyclic) bond motifs is 5. The molecule has 0 atom stereocenters. The summed E-state index contributed by atoms with van der Waals surface area (Å²) in [6.07, 6.45) is 0. The number of anilines is 6. The molecule has 0 bridgehead atoms. The first-order valence-electron chi connectivity index (χ1n) is 17.9. The van der Waals surface area contributed by atoms with Crippen molar-refractivity contribution in [1.82, 2.24) is 0 Å². The van der Waals surface area contributed by atoms with Crippen LogP contribution in [0.5, 0.6) is 11.5 Å². The molecule has 0 fully saturated rings. The Hall–Kier alpha value is -6.58. The summed E-state index contributed by atoms with van der Waals surface area (Å²) >= 11 is 0. The van der Waals surface area contributed by atoms with E-state index in [-0.39, 0.29) is 5.41 Å². The van der Waals surface area contributed by atoms with Crippen LogP contribution in [0.15, 0.2) is 182 Å². The molecule has 2 aliphatic heterocycles. The number of hydrogen-bond acceptors (Lipinski definition) is 3. The number of rotatable bonds is 5. The van der Waals surface area contributed by atoms with Crippen LogP contribution in [0.3, 0.4) is 0 Å².